The maximum Gasteiger partial charge on any atom is 0.294 e. The summed E-state index contributed by atoms with van der Waals surface area (Å²) in [6.45, 7) is 0. The average Bonchev–Trinajstić information content (AvgIpc) is 3.09. The first-order valence-corrected chi connectivity index (χ1v) is 8.29. The molecule has 126 valence electrons. The monoisotopic (exact) mass is 354 g/mol. The number of carbonyl (C=O) groups is 1. The van der Waals surface area contributed by atoms with Crippen molar-refractivity contribution in [2.45, 2.75) is 6.42 Å². The molecule has 2 aromatic carbocycles. The van der Waals surface area contributed by atoms with Crippen LogP contribution < -0.4 is 10.9 Å². The SMILES string of the molecule is O=C(Cc1csc(-c2ccccc2)n1)NNc1ccccc1[N+](=O)[O-]. The Morgan fingerprint density at radius 3 is 2.60 bits per heavy atom. The number of rotatable bonds is 6. The van der Waals surface area contributed by atoms with Crippen LogP contribution in [0.25, 0.3) is 10.6 Å². The molecule has 0 aliphatic carbocycles. The Labute approximate surface area is 147 Å². The van der Waals surface area contributed by atoms with E-state index in [9.17, 15) is 14.9 Å². The molecule has 3 rings (SSSR count). The summed E-state index contributed by atoms with van der Waals surface area (Å²) in [5, 5.41) is 13.6. The highest BCUT2D eigenvalue weighted by atomic mass is 32.1. The molecule has 0 aliphatic heterocycles. The number of carbonyl (C=O) groups excluding carboxylic acids is 1. The summed E-state index contributed by atoms with van der Waals surface area (Å²) in [6.07, 6.45) is 0.0803. The van der Waals surface area contributed by atoms with E-state index in [1.165, 1.54) is 23.5 Å². The molecule has 1 aromatic heterocycles. The first-order valence-electron chi connectivity index (χ1n) is 7.41. The standard InChI is InChI=1S/C17H14N4O3S/c22-16(20-19-14-8-4-5-9-15(14)21(23)24)10-13-11-25-17(18-13)12-6-2-1-3-7-12/h1-9,11,19H,10H2,(H,20,22). The van der Waals surface area contributed by atoms with Crippen molar-refractivity contribution in [1.29, 1.82) is 0 Å². The smallest absolute Gasteiger partial charge is 0.292 e. The van der Waals surface area contributed by atoms with Crippen LogP contribution in [0.4, 0.5) is 11.4 Å². The molecule has 2 N–H and O–H groups in total. The molecule has 1 amide bonds. The number of nitrogens with one attached hydrogen (secondary N) is 2. The number of amides is 1. The number of nitro groups is 1. The van der Waals surface area contributed by atoms with Gasteiger partial charge in [0.2, 0.25) is 5.91 Å². The molecule has 25 heavy (non-hydrogen) atoms. The molecule has 0 saturated heterocycles. The lowest BCUT2D eigenvalue weighted by Crippen LogP contribution is -2.31. The molecule has 7 nitrogen and oxygen atoms in total. The predicted octanol–water partition coefficient (Wildman–Crippen LogP) is 3.40. The van der Waals surface area contributed by atoms with Gasteiger partial charge in [-0.1, -0.05) is 42.5 Å². The van der Waals surface area contributed by atoms with Gasteiger partial charge in [-0.25, -0.2) is 4.98 Å². The van der Waals surface area contributed by atoms with Gasteiger partial charge in [-0.2, -0.15) is 0 Å². The highest BCUT2D eigenvalue weighted by Crippen LogP contribution is 2.24. The Morgan fingerprint density at radius 2 is 1.84 bits per heavy atom. The first kappa shape index (κ1) is 16.6. The largest absolute Gasteiger partial charge is 0.294 e. The summed E-state index contributed by atoms with van der Waals surface area (Å²) in [4.78, 5) is 26.9. The lowest BCUT2D eigenvalue weighted by atomic mass is 10.2. The van der Waals surface area contributed by atoms with Crippen molar-refractivity contribution in [3.05, 3.63) is 75.8 Å². The zero-order valence-electron chi connectivity index (χ0n) is 13.0. The number of nitro benzene ring substituents is 1. The van der Waals surface area contributed by atoms with E-state index in [-0.39, 0.29) is 23.7 Å². The second-order valence-electron chi connectivity index (χ2n) is 5.13. The molecule has 0 fully saturated rings. The van der Waals surface area contributed by atoms with Crippen molar-refractivity contribution in [1.82, 2.24) is 10.4 Å². The van der Waals surface area contributed by atoms with Gasteiger partial charge in [-0.05, 0) is 6.07 Å². The van der Waals surface area contributed by atoms with Gasteiger partial charge >= 0.3 is 0 Å². The Kier molecular flexibility index (Phi) is 5.00. The number of aromatic nitrogens is 1. The zero-order chi connectivity index (χ0) is 17.6. The van der Waals surface area contributed by atoms with Crippen molar-refractivity contribution in [3.63, 3.8) is 0 Å². The van der Waals surface area contributed by atoms with Crippen LogP contribution in [0.15, 0.2) is 60.0 Å². The number of hydrazine groups is 1. The number of nitrogens with zero attached hydrogens (tertiary/aromatic N) is 2. The van der Waals surface area contributed by atoms with Gasteiger partial charge in [0.25, 0.3) is 5.69 Å². The van der Waals surface area contributed by atoms with Gasteiger partial charge in [0, 0.05) is 17.0 Å². The number of benzene rings is 2. The third-order valence-corrected chi connectivity index (χ3v) is 4.29. The molecular formula is C17H14N4O3S. The minimum atomic E-state index is -0.513. The minimum Gasteiger partial charge on any atom is -0.292 e. The molecule has 0 atom stereocenters. The molecular weight excluding hydrogens is 340 g/mol. The molecule has 0 spiro atoms. The number of hydrogen-bond donors (Lipinski definition) is 2. The molecule has 1 heterocycles. The van der Waals surface area contributed by atoms with Crippen LogP contribution in [0.3, 0.4) is 0 Å². The number of para-hydroxylation sites is 2. The van der Waals surface area contributed by atoms with E-state index in [1.807, 2.05) is 35.7 Å². The molecule has 0 saturated carbocycles. The summed E-state index contributed by atoms with van der Waals surface area (Å²) in [5.74, 6) is -0.330. The first-order chi connectivity index (χ1) is 12.1. The van der Waals surface area contributed by atoms with E-state index in [4.69, 9.17) is 0 Å². The van der Waals surface area contributed by atoms with E-state index in [1.54, 1.807) is 12.1 Å². The Balaban J connectivity index is 1.61. The molecule has 0 radical (unpaired) electrons. The van der Waals surface area contributed by atoms with E-state index in [0.717, 1.165) is 10.6 Å². The normalized spacial score (nSPS) is 10.2. The van der Waals surface area contributed by atoms with Gasteiger partial charge in [0.15, 0.2) is 0 Å². The highest BCUT2D eigenvalue weighted by molar-refractivity contribution is 7.13. The topological polar surface area (TPSA) is 97.2 Å². The van der Waals surface area contributed by atoms with Crippen molar-refractivity contribution in [3.8, 4) is 10.6 Å². The average molecular weight is 354 g/mol. The quantitative estimate of drug-likeness (QED) is 0.522. The third kappa shape index (κ3) is 4.18. The van der Waals surface area contributed by atoms with Crippen LogP contribution in [-0.4, -0.2) is 15.8 Å². The number of hydrogen-bond acceptors (Lipinski definition) is 6. The van der Waals surface area contributed by atoms with Crippen LogP contribution in [0.2, 0.25) is 0 Å². The van der Waals surface area contributed by atoms with Gasteiger partial charge in [-0.15, -0.1) is 11.3 Å². The van der Waals surface area contributed by atoms with Gasteiger partial charge in [0.05, 0.1) is 17.0 Å². The second kappa shape index (κ2) is 7.54. The molecule has 0 bridgehead atoms. The summed E-state index contributed by atoms with van der Waals surface area (Å²) in [7, 11) is 0. The fourth-order valence-electron chi connectivity index (χ4n) is 2.19. The fraction of sp³-hybridized carbons (Fsp3) is 0.0588. The molecule has 8 heteroatoms. The summed E-state index contributed by atoms with van der Waals surface area (Å²) >= 11 is 1.46. The van der Waals surface area contributed by atoms with E-state index in [2.05, 4.69) is 15.8 Å². The predicted molar refractivity (Wildman–Crippen MR) is 96.1 cm³/mol. The maximum absolute atomic E-state index is 12.0. The maximum atomic E-state index is 12.0. The zero-order valence-corrected chi connectivity index (χ0v) is 13.8. The van der Waals surface area contributed by atoms with Crippen LogP contribution in [-0.2, 0) is 11.2 Å². The van der Waals surface area contributed by atoms with E-state index >= 15 is 0 Å². The number of anilines is 1. The third-order valence-electron chi connectivity index (χ3n) is 3.35. The van der Waals surface area contributed by atoms with E-state index in [0.29, 0.717) is 5.69 Å². The lowest BCUT2D eigenvalue weighted by Gasteiger charge is -2.08. The molecule has 0 aliphatic rings. The van der Waals surface area contributed by atoms with Crippen LogP contribution in [0.1, 0.15) is 5.69 Å². The van der Waals surface area contributed by atoms with Crippen LogP contribution in [0, 0.1) is 10.1 Å². The van der Waals surface area contributed by atoms with Crippen LogP contribution >= 0.6 is 11.3 Å². The summed E-state index contributed by atoms with van der Waals surface area (Å²) in [6, 6.07) is 15.8. The summed E-state index contributed by atoms with van der Waals surface area (Å²) in [5.41, 5.74) is 6.81. The fourth-order valence-corrected chi connectivity index (χ4v) is 3.01. The van der Waals surface area contributed by atoms with Crippen molar-refractivity contribution < 1.29 is 9.72 Å². The Bertz CT molecular complexity index is 896. The lowest BCUT2D eigenvalue weighted by molar-refractivity contribution is -0.384. The van der Waals surface area contributed by atoms with Gasteiger partial charge < -0.3 is 0 Å². The molecule has 0 unspecified atom stereocenters. The summed E-state index contributed by atoms with van der Waals surface area (Å²) < 4.78 is 0. The molecule has 3 aromatic rings. The second-order valence-corrected chi connectivity index (χ2v) is 5.99. The minimum absolute atomic E-state index is 0.0803. The van der Waals surface area contributed by atoms with Gasteiger partial charge in [0.1, 0.15) is 10.7 Å². The van der Waals surface area contributed by atoms with E-state index < -0.39 is 4.92 Å². The number of thiazole rings is 1. The van der Waals surface area contributed by atoms with Gasteiger partial charge in [-0.3, -0.25) is 25.8 Å². The Hall–Kier alpha value is -3.26. The highest BCUT2D eigenvalue weighted by Gasteiger charge is 2.13. The van der Waals surface area contributed by atoms with Crippen molar-refractivity contribution in [2.75, 3.05) is 5.43 Å². The van der Waals surface area contributed by atoms with Crippen LogP contribution in [0.5, 0.6) is 0 Å². The van der Waals surface area contributed by atoms with Crippen molar-refractivity contribution >= 4 is 28.6 Å². The van der Waals surface area contributed by atoms with Crippen molar-refractivity contribution in [2.24, 2.45) is 0 Å². The Morgan fingerprint density at radius 1 is 1.12 bits per heavy atom.